The van der Waals surface area contributed by atoms with Gasteiger partial charge in [0.25, 0.3) is 0 Å². The van der Waals surface area contributed by atoms with Gasteiger partial charge in [0.2, 0.25) is 0 Å². The van der Waals surface area contributed by atoms with E-state index in [1.165, 1.54) is 0 Å². The van der Waals surface area contributed by atoms with Crippen molar-refractivity contribution in [1.82, 2.24) is 10.2 Å². The minimum absolute atomic E-state index is 0.0893. The number of carbonyl (C=O) groups is 1. The molecule has 0 saturated heterocycles. The predicted octanol–water partition coefficient (Wildman–Crippen LogP) is 4.18. The van der Waals surface area contributed by atoms with Crippen molar-refractivity contribution in [1.29, 1.82) is 0 Å². The van der Waals surface area contributed by atoms with Crippen molar-refractivity contribution in [3.05, 3.63) is 96.1 Å². The highest BCUT2D eigenvalue weighted by Crippen LogP contribution is 2.24. The number of aliphatic hydroxyl groups excluding tert-OH is 1. The summed E-state index contributed by atoms with van der Waals surface area (Å²) < 4.78 is 5.94. The number of carbonyl (C=O) groups excluding carboxylic acids is 1. The molecule has 0 aliphatic rings. The number of hydrogen-bond acceptors (Lipinski definition) is 3. The van der Waals surface area contributed by atoms with Gasteiger partial charge in [-0.25, -0.2) is 4.79 Å². The molecule has 0 fully saturated rings. The Bertz CT molecular complexity index is 869. The summed E-state index contributed by atoms with van der Waals surface area (Å²) in [6, 6.07) is 26.6. The number of nitrogens with one attached hydrogen (secondary N) is 1. The first-order valence-corrected chi connectivity index (χ1v) is 9.24. The van der Waals surface area contributed by atoms with Gasteiger partial charge in [0.1, 0.15) is 11.5 Å². The summed E-state index contributed by atoms with van der Waals surface area (Å²) in [6.07, 6.45) is 0. The van der Waals surface area contributed by atoms with E-state index in [4.69, 9.17) is 4.74 Å². The Labute approximate surface area is 165 Å². The third-order valence-electron chi connectivity index (χ3n) is 4.25. The summed E-state index contributed by atoms with van der Waals surface area (Å²) in [7, 11) is 0. The third-order valence-corrected chi connectivity index (χ3v) is 4.25. The molecule has 2 amide bonds. The Morgan fingerprint density at radius 3 is 2.25 bits per heavy atom. The number of benzene rings is 3. The molecule has 5 heteroatoms. The van der Waals surface area contributed by atoms with Crippen molar-refractivity contribution in [2.24, 2.45) is 0 Å². The SMILES string of the molecule is O=C(NCc1ccccc1Oc1ccccc1)N(CCO)Cc1ccccc1. The fraction of sp³-hybridized carbons (Fsp3) is 0.174. The van der Waals surface area contributed by atoms with E-state index in [0.29, 0.717) is 18.8 Å². The number of hydrogen-bond donors (Lipinski definition) is 2. The van der Waals surface area contributed by atoms with E-state index in [9.17, 15) is 9.90 Å². The lowest BCUT2D eigenvalue weighted by Crippen LogP contribution is -2.40. The second-order valence-corrected chi connectivity index (χ2v) is 6.31. The first kappa shape index (κ1) is 19.5. The normalized spacial score (nSPS) is 10.3. The second-order valence-electron chi connectivity index (χ2n) is 6.31. The molecule has 2 N–H and O–H groups in total. The molecule has 3 rings (SSSR count). The number of para-hydroxylation sites is 2. The van der Waals surface area contributed by atoms with Crippen LogP contribution in [0.1, 0.15) is 11.1 Å². The maximum absolute atomic E-state index is 12.6. The topological polar surface area (TPSA) is 61.8 Å². The first-order valence-electron chi connectivity index (χ1n) is 9.24. The van der Waals surface area contributed by atoms with Gasteiger partial charge in [-0.2, -0.15) is 0 Å². The van der Waals surface area contributed by atoms with Gasteiger partial charge >= 0.3 is 6.03 Å². The Morgan fingerprint density at radius 2 is 1.54 bits per heavy atom. The Hall–Kier alpha value is -3.31. The van der Waals surface area contributed by atoms with Crippen LogP contribution in [0.3, 0.4) is 0 Å². The molecule has 0 aromatic heterocycles. The highest BCUT2D eigenvalue weighted by molar-refractivity contribution is 5.74. The van der Waals surface area contributed by atoms with Gasteiger partial charge in [-0.3, -0.25) is 0 Å². The van der Waals surface area contributed by atoms with Gasteiger partial charge in [0.05, 0.1) is 6.61 Å². The minimum Gasteiger partial charge on any atom is -0.457 e. The largest absolute Gasteiger partial charge is 0.457 e. The summed E-state index contributed by atoms with van der Waals surface area (Å²) in [5, 5.41) is 12.2. The number of urea groups is 1. The van der Waals surface area contributed by atoms with Crippen LogP contribution in [0, 0.1) is 0 Å². The molecule has 0 aliphatic heterocycles. The highest BCUT2D eigenvalue weighted by Gasteiger charge is 2.14. The van der Waals surface area contributed by atoms with Crippen molar-refractivity contribution < 1.29 is 14.6 Å². The number of ether oxygens (including phenoxy) is 1. The molecule has 0 bridgehead atoms. The average molecular weight is 376 g/mol. The van der Waals surface area contributed by atoms with Crippen molar-refractivity contribution in [3.63, 3.8) is 0 Å². The number of nitrogens with zero attached hydrogens (tertiary/aromatic N) is 1. The van der Waals surface area contributed by atoms with Gasteiger partial charge in [-0.1, -0.05) is 66.7 Å². The van der Waals surface area contributed by atoms with Gasteiger partial charge in [-0.15, -0.1) is 0 Å². The molecule has 0 atom stereocenters. The van der Waals surface area contributed by atoms with E-state index in [1.807, 2.05) is 84.9 Å². The molecule has 3 aromatic carbocycles. The molecule has 28 heavy (non-hydrogen) atoms. The number of aliphatic hydroxyl groups is 1. The monoisotopic (exact) mass is 376 g/mol. The summed E-state index contributed by atoms with van der Waals surface area (Å²) in [4.78, 5) is 14.2. The van der Waals surface area contributed by atoms with Gasteiger partial charge < -0.3 is 20.1 Å². The zero-order valence-electron chi connectivity index (χ0n) is 15.6. The van der Waals surface area contributed by atoms with Crippen LogP contribution in [0.4, 0.5) is 4.79 Å². The predicted molar refractivity (Wildman–Crippen MR) is 109 cm³/mol. The molecule has 0 radical (unpaired) electrons. The van der Waals surface area contributed by atoms with E-state index < -0.39 is 0 Å². The third kappa shape index (κ3) is 5.59. The van der Waals surface area contributed by atoms with Crippen LogP contribution in [-0.2, 0) is 13.1 Å². The fourth-order valence-electron chi connectivity index (χ4n) is 2.82. The standard InChI is InChI=1S/C23H24N2O3/c26-16-15-25(18-19-9-3-1-4-10-19)23(27)24-17-20-11-7-8-14-22(20)28-21-12-5-2-6-13-21/h1-14,26H,15-18H2,(H,24,27). The van der Waals surface area contributed by atoms with E-state index in [2.05, 4.69) is 5.32 Å². The second kappa shape index (κ2) is 10.1. The van der Waals surface area contributed by atoms with Crippen molar-refractivity contribution in [3.8, 4) is 11.5 Å². The van der Waals surface area contributed by atoms with Crippen LogP contribution in [0.5, 0.6) is 11.5 Å². The maximum atomic E-state index is 12.6. The van der Waals surface area contributed by atoms with E-state index >= 15 is 0 Å². The number of rotatable bonds is 8. The summed E-state index contributed by atoms with van der Waals surface area (Å²) in [5.74, 6) is 1.44. The first-order chi connectivity index (χ1) is 13.8. The molecule has 5 nitrogen and oxygen atoms in total. The van der Waals surface area contributed by atoms with Crippen LogP contribution < -0.4 is 10.1 Å². The van der Waals surface area contributed by atoms with Crippen LogP contribution >= 0.6 is 0 Å². The van der Waals surface area contributed by atoms with Crippen LogP contribution in [0.15, 0.2) is 84.9 Å². The summed E-state index contributed by atoms with van der Waals surface area (Å²) in [5.41, 5.74) is 1.89. The van der Waals surface area contributed by atoms with Crippen molar-refractivity contribution in [2.75, 3.05) is 13.2 Å². The highest BCUT2D eigenvalue weighted by atomic mass is 16.5. The van der Waals surface area contributed by atoms with E-state index in [1.54, 1.807) is 4.90 Å². The lowest BCUT2D eigenvalue weighted by atomic mass is 10.2. The van der Waals surface area contributed by atoms with Gasteiger partial charge in [0.15, 0.2) is 0 Å². The van der Waals surface area contributed by atoms with Crippen LogP contribution in [0.2, 0.25) is 0 Å². The fourth-order valence-corrected chi connectivity index (χ4v) is 2.82. The molecule has 0 spiro atoms. The lowest BCUT2D eigenvalue weighted by Gasteiger charge is -2.22. The average Bonchev–Trinajstić information content (AvgIpc) is 2.74. The van der Waals surface area contributed by atoms with Crippen LogP contribution in [-0.4, -0.2) is 29.2 Å². The van der Waals surface area contributed by atoms with Crippen molar-refractivity contribution in [2.45, 2.75) is 13.1 Å². The summed E-state index contributed by atoms with van der Waals surface area (Å²) >= 11 is 0. The van der Waals surface area contributed by atoms with E-state index in [0.717, 1.165) is 16.9 Å². The van der Waals surface area contributed by atoms with Crippen LogP contribution in [0.25, 0.3) is 0 Å². The molecule has 0 heterocycles. The molecule has 0 aliphatic carbocycles. The Kier molecular flexibility index (Phi) is 7.04. The zero-order chi connectivity index (χ0) is 19.6. The van der Waals surface area contributed by atoms with Gasteiger partial charge in [0, 0.05) is 25.2 Å². The molecule has 144 valence electrons. The lowest BCUT2D eigenvalue weighted by molar-refractivity contribution is 0.173. The Balaban J connectivity index is 1.64. The molecule has 3 aromatic rings. The van der Waals surface area contributed by atoms with Crippen molar-refractivity contribution >= 4 is 6.03 Å². The van der Waals surface area contributed by atoms with E-state index in [-0.39, 0.29) is 19.2 Å². The molecule has 0 saturated carbocycles. The minimum atomic E-state index is -0.229. The summed E-state index contributed by atoms with van der Waals surface area (Å²) in [6.45, 7) is 0.949. The molecule has 0 unspecified atom stereocenters. The maximum Gasteiger partial charge on any atom is 0.318 e. The van der Waals surface area contributed by atoms with Gasteiger partial charge in [-0.05, 0) is 23.8 Å². The Morgan fingerprint density at radius 1 is 0.893 bits per heavy atom. The zero-order valence-corrected chi connectivity index (χ0v) is 15.6. The molecular formula is C23H24N2O3. The molecular weight excluding hydrogens is 352 g/mol. The number of amides is 2. The quantitative estimate of drug-likeness (QED) is 0.620. The smallest absolute Gasteiger partial charge is 0.318 e.